The molecule has 0 saturated heterocycles. The molecular weight excluding hydrogens is 180 g/mol. The van der Waals surface area contributed by atoms with Gasteiger partial charge in [0.1, 0.15) is 0 Å². The molecule has 2 fully saturated rings. The van der Waals surface area contributed by atoms with Crippen molar-refractivity contribution in [3.8, 4) is 0 Å². The molecule has 0 aliphatic heterocycles. The van der Waals surface area contributed by atoms with Crippen LogP contribution >= 0.6 is 0 Å². The highest BCUT2D eigenvalue weighted by molar-refractivity contribution is 5.37. The zero-order chi connectivity index (χ0) is 10.9. The van der Waals surface area contributed by atoms with Crippen LogP contribution in [0, 0.1) is 22.2 Å². The van der Waals surface area contributed by atoms with Gasteiger partial charge in [0.2, 0.25) is 0 Å². The summed E-state index contributed by atoms with van der Waals surface area (Å²) in [4.78, 5) is 0. The standard InChI is InChI=1S/C15H24/c1-11-6-9-14-7-5-8-15(11,14)13(3,4)10-12(14)2/h10-11H,5-9H2,1-4H3/t11-,14+,15-/m0/s1. The molecule has 0 radical (unpaired) electrons. The van der Waals surface area contributed by atoms with Crippen molar-refractivity contribution in [3.05, 3.63) is 11.6 Å². The molecule has 0 aromatic rings. The second kappa shape index (κ2) is 2.52. The second-order valence-corrected chi connectivity index (χ2v) is 6.90. The average Bonchev–Trinajstić information content (AvgIpc) is 2.68. The molecule has 2 saturated carbocycles. The number of hydrogen-bond donors (Lipinski definition) is 0. The highest BCUT2D eigenvalue weighted by Crippen LogP contribution is 2.78. The Morgan fingerprint density at radius 2 is 1.93 bits per heavy atom. The van der Waals surface area contributed by atoms with E-state index >= 15 is 0 Å². The quantitative estimate of drug-likeness (QED) is 0.507. The van der Waals surface area contributed by atoms with E-state index in [1.807, 2.05) is 0 Å². The van der Waals surface area contributed by atoms with Crippen LogP contribution in [0.2, 0.25) is 0 Å². The lowest BCUT2D eigenvalue weighted by Crippen LogP contribution is -2.42. The van der Waals surface area contributed by atoms with Crippen molar-refractivity contribution in [2.75, 3.05) is 0 Å². The second-order valence-electron chi connectivity index (χ2n) is 6.90. The molecule has 0 bridgehead atoms. The lowest BCUT2D eigenvalue weighted by atomic mass is 9.56. The van der Waals surface area contributed by atoms with E-state index in [-0.39, 0.29) is 0 Å². The van der Waals surface area contributed by atoms with Gasteiger partial charge >= 0.3 is 0 Å². The largest absolute Gasteiger partial charge is 0.0788 e. The maximum absolute atomic E-state index is 2.61. The van der Waals surface area contributed by atoms with Crippen LogP contribution in [0.3, 0.4) is 0 Å². The Morgan fingerprint density at radius 1 is 1.20 bits per heavy atom. The predicted molar refractivity (Wildman–Crippen MR) is 64.7 cm³/mol. The number of rotatable bonds is 0. The highest BCUT2D eigenvalue weighted by Gasteiger charge is 2.69. The van der Waals surface area contributed by atoms with Gasteiger partial charge in [-0.3, -0.25) is 0 Å². The van der Waals surface area contributed by atoms with Gasteiger partial charge in [0.15, 0.2) is 0 Å². The number of hydrogen-bond acceptors (Lipinski definition) is 0. The summed E-state index contributed by atoms with van der Waals surface area (Å²) in [6.45, 7) is 9.91. The van der Waals surface area contributed by atoms with Crippen molar-refractivity contribution in [1.29, 1.82) is 0 Å². The van der Waals surface area contributed by atoms with Crippen LogP contribution in [0.15, 0.2) is 11.6 Å². The van der Waals surface area contributed by atoms with Gasteiger partial charge in [0, 0.05) is 0 Å². The first-order valence-corrected chi connectivity index (χ1v) is 6.66. The van der Waals surface area contributed by atoms with Crippen LogP contribution in [0.5, 0.6) is 0 Å². The summed E-state index contributed by atoms with van der Waals surface area (Å²) >= 11 is 0. The van der Waals surface area contributed by atoms with E-state index in [4.69, 9.17) is 0 Å². The van der Waals surface area contributed by atoms with Gasteiger partial charge < -0.3 is 0 Å². The van der Waals surface area contributed by atoms with E-state index in [0.717, 1.165) is 5.92 Å². The molecule has 3 rings (SSSR count). The Bertz CT molecular complexity index is 336. The zero-order valence-corrected chi connectivity index (χ0v) is 10.7. The first-order chi connectivity index (χ1) is 6.96. The third kappa shape index (κ3) is 0.797. The Kier molecular flexibility index (Phi) is 1.67. The third-order valence-corrected chi connectivity index (χ3v) is 6.36. The van der Waals surface area contributed by atoms with Crippen LogP contribution in [0.1, 0.15) is 59.8 Å². The fraction of sp³-hybridized carbons (Fsp3) is 0.867. The van der Waals surface area contributed by atoms with E-state index in [0.29, 0.717) is 16.2 Å². The summed E-state index contributed by atoms with van der Waals surface area (Å²) in [6, 6.07) is 0. The average molecular weight is 204 g/mol. The van der Waals surface area contributed by atoms with E-state index in [9.17, 15) is 0 Å². The Balaban J connectivity index is 2.23. The summed E-state index contributed by atoms with van der Waals surface area (Å²) in [7, 11) is 0. The first kappa shape index (κ1) is 9.93. The minimum absolute atomic E-state index is 0.448. The monoisotopic (exact) mass is 204 g/mol. The van der Waals surface area contributed by atoms with Crippen LogP contribution in [-0.4, -0.2) is 0 Å². The van der Waals surface area contributed by atoms with E-state index in [1.165, 1.54) is 32.1 Å². The Hall–Kier alpha value is -0.260. The molecule has 0 amide bonds. The molecule has 84 valence electrons. The van der Waals surface area contributed by atoms with Crippen LogP contribution in [-0.2, 0) is 0 Å². The summed E-state index contributed by atoms with van der Waals surface area (Å²) in [5.74, 6) is 0.934. The molecule has 0 heteroatoms. The van der Waals surface area contributed by atoms with Crippen LogP contribution in [0.25, 0.3) is 0 Å². The SMILES string of the molecule is CC1=CC(C)(C)[C@@]23CCC[C@@]12CC[C@@H]3C. The summed E-state index contributed by atoms with van der Waals surface area (Å²) in [5.41, 5.74) is 3.43. The maximum Gasteiger partial charge on any atom is -0.00235 e. The molecule has 3 aliphatic rings. The van der Waals surface area contributed by atoms with E-state index < -0.39 is 0 Å². The maximum atomic E-state index is 2.61. The smallest absolute Gasteiger partial charge is 0.00235 e. The molecule has 3 aliphatic carbocycles. The first-order valence-electron chi connectivity index (χ1n) is 6.66. The highest BCUT2D eigenvalue weighted by atomic mass is 14.7. The van der Waals surface area contributed by atoms with Gasteiger partial charge in [0.05, 0.1) is 0 Å². The predicted octanol–water partition coefficient (Wildman–Crippen LogP) is 4.56. The van der Waals surface area contributed by atoms with Crippen molar-refractivity contribution in [1.82, 2.24) is 0 Å². The molecule has 0 heterocycles. The molecule has 0 spiro atoms. The van der Waals surface area contributed by atoms with Gasteiger partial charge in [-0.1, -0.05) is 38.8 Å². The molecule has 0 aromatic carbocycles. The minimum atomic E-state index is 0.448. The van der Waals surface area contributed by atoms with Gasteiger partial charge in [-0.05, 0) is 54.8 Å². The Morgan fingerprint density at radius 3 is 2.60 bits per heavy atom. The zero-order valence-electron chi connectivity index (χ0n) is 10.7. The van der Waals surface area contributed by atoms with Crippen LogP contribution in [0.4, 0.5) is 0 Å². The molecule has 3 atom stereocenters. The van der Waals surface area contributed by atoms with Crippen molar-refractivity contribution in [2.24, 2.45) is 22.2 Å². The molecule has 0 unspecified atom stereocenters. The topological polar surface area (TPSA) is 0 Å². The molecule has 0 aromatic heterocycles. The fourth-order valence-electron chi connectivity index (χ4n) is 6.04. The minimum Gasteiger partial charge on any atom is -0.0788 e. The lowest BCUT2D eigenvalue weighted by molar-refractivity contribution is 0.0224. The fourth-order valence-corrected chi connectivity index (χ4v) is 6.04. The van der Waals surface area contributed by atoms with Gasteiger partial charge in [0.25, 0.3) is 0 Å². The molecular formula is C15H24. The summed E-state index contributed by atoms with van der Waals surface area (Å²) in [6.07, 6.45) is 9.98. The normalized spacial score (nSPS) is 51.5. The van der Waals surface area contributed by atoms with Gasteiger partial charge in [-0.25, -0.2) is 0 Å². The van der Waals surface area contributed by atoms with E-state index in [2.05, 4.69) is 33.8 Å². The van der Waals surface area contributed by atoms with Crippen molar-refractivity contribution >= 4 is 0 Å². The van der Waals surface area contributed by atoms with Crippen molar-refractivity contribution in [3.63, 3.8) is 0 Å². The summed E-state index contributed by atoms with van der Waals surface area (Å²) in [5, 5.41) is 0. The molecule has 0 N–H and O–H groups in total. The molecule has 15 heavy (non-hydrogen) atoms. The Labute approximate surface area is 94.1 Å². The third-order valence-electron chi connectivity index (χ3n) is 6.36. The van der Waals surface area contributed by atoms with Gasteiger partial charge in [-0.2, -0.15) is 0 Å². The molecule has 0 nitrogen and oxygen atoms in total. The van der Waals surface area contributed by atoms with Crippen LogP contribution < -0.4 is 0 Å². The van der Waals surface area contributed by atoms with Crippen molar-refractivity contribution in [2.45, 2.75) is 59.8 Å². The lowest BCUT2D eigenvalue weighted by Gasteiger charge is -2.48. The van der Waals surface area contributed by atoms with E-state index in [1.54, 1.807) is 5.57 Å². The van der Waals surface area contributed by atoms with Crippen molar-refractivity contribution < 1.29 is 0 Å². The summed E-state index contributed by atoms with van der Waals surface area (Å²) < 4.78 is 0. The van der Waals surface area contributed by atoms with Gasteiger partial charge in [-0.15, -0.1) is 0 Å². The number of allylic oxidation sites excluding steroid dienone is 2.